The van der Waals surface area contributed by atoms with Gasteiger partial charge >= 0.3 is 0 Å². The number of nitrogens with zero attached hydrogens (tertiary/aromatic N) is 1. The summed E-state index contributed by atoms with van der Waals surface area (Å²) >= 11 is 0. The van der Waals surface area contributed by atoms with Gasteiger partial charge in [0.1, 0.15) is 6.07 Å². The van der Waals surface area contributed by atoms with Crippen LogP contribution in [0.25, 0.3) is 0 Å². The molecule has 0 bridgehead atoms. The lowest BCUT2D eigenvalue weighted by molar-refractivity contribution is 0.112. The van der Waals surface area contributed by atoms with Crippen LogP contribution in [0, 0.1) is 11.3 Å². The SMILES string of the molecule is N#Cc1cccc(C=O)c1NN. The summed E-state index contributed by atoms with van der Waals surface area (Å²) in [7, 11) is 0. The Morgan fingerprint density at radius 3 is 2.83 bits per heavy atom. The first-order valence-electron chi connectivity index (χ1n) is 3.28. The van der Waals surface area contributed by atoms with Crippen molar-refractivity contribution in [2.24, 2.45) is 5.84 Å². The number of aldehydes is 1. The first-order valence-corrected chi connectivity index (χ1v) is 3.28. The number of nitriles is 1. The molecule has 0 atom stereocenters. The molecule has 0 fully saturated rings. The van der Waals surface area contributed by atoms with E-state index in [1.165, 1.54) is 0 Å². The maximum Gasteiger partial charge on any atom is 0.152 e. The lowest BCUT2D eigenvalue weighted by Crippen LogP contribution is -2.10. The molecule has 0 saturated heterocycles. The maximum atomic E-state index is 10.4. The summed E-state index contributed by atoms with van der Waals surface area (Å²) in [4.78, 5) is 10.4. The first-order chi connectivity index (χ1) is 5.83. The van der Waals surface area contributed by atoms with Gasteiger partial charge in [0.15, 0.2) is 6.29 Å². The third-order valence-electron chi connectivity index (χ3n) is 1.49. The Morgan fingerprint density at radius 1 is 1.58 bits per heavy atom. The highest BCUT2D eigenvalue weighted by Gasteiger charge is 2.04. The van der Waals surface area contributed by atoms with Gasteiger partial charge in [-0.05, 0) is 12.1 Å². The Labute approximate surface area is 69.6 Å². The monoisotopic (exact) mass is 161 g/mol. The third kappa shape index (κ3) is 1.26. The van der Waals surface area contributed by atoms with Crippen LogP contribution in [-0.2, 0) is 0 Å². The van der Waals surface area contributed by atoms with Crippen molar-refractivity contribution >= 4 is 12.0 Å². The molecule has 0 aromatic heterocycles. The van der Waals surface area contributed by atoms with Gasteiger partial charge in [0.2, 0.25) is 0 Å². The lowest BCUT2D eigenvalue weighted by atomic mass is 10.1. The summed E-state index contributed by atoms with van der Waals surface area (Å²) in [5.74, 6) is 5.14. The Bertz CT molecular complexity index is 341. The van der Waals surface area contributed by atoms with Crippen LogP contribution < -0.4 is 11.3 Å². The number of para-hydroxylation sites is 1. The van der Waals surface area contributed by atoms with Gasteiger partial charge in [-0.3, -0.25) is 10.6 Å². The topological polar surface area (TPSA) is 78.9 Å². The normalized spacial score (nSPS) is 8.67. The summed E-state index contributed by atoms with van der Waals surface area (Å²) in [5.41, 5.74) is 3.43. The fourth-order valence-corrected chi connectivity index (χ4v) is 0.923. The molecule has 0 unspecified atom stereocenters. The first kappa shape index (κ1) is 8.24. The highest BCUT2D eigenvalue weighted by molar-refractivity contribution is 5.86. The molecule has 4 heteroatoms. The minimum Gasteiger partial charge on any atom is -0.322 e. The molecule has 0 heterocycles. The summed E-state index contributed by atoms with van der Waals surface area (Å²) in [6.45, 7) is 0. The highest BCUT2D eigenvalue weighted by Crippen LogP contribution is 2.17. The second-order valence-electron chi connectivity index (χ2n) is 2.14. The number of carbonyl (C=O) groups excluding carboxylic acids is 1. The molecular formula is C8H7N3O. The molecule has 12 heavy (non-hydrogen) atoms. The van der Waals surface area contributed by atoms with E-state index in [1.807, 2.05) is 6.07 Å². The van der Waals surface area contributed by atoms with Gasteiger partial charge in [-0.25, -0.2) is 0 Å². The number of benzene rings is 1. The second kappa shape index (κ2) is 3.51. The van der Waals surface area contributed by atoms with Gasteiger partial charge in [0.25, 0.3) is 0 Å². The molecule has 4 nitrogen and oxygen atoms in total. The van der Waals surface area contributed by atoms with Crippen LogP contribution in [0.3, 0.4) is 0 Å². The number of nitrogens with one attached hydrogen (secondary N) is 1. The third-order valence-corrected chi connectivity index (χ3v) is 1.49. The molecule has 60 valence electrons. The summed E-state index contributed by atoms with van der Waals surface area (Å²) in [6, 6.07) is 6.72. The number of nitrogen functional groups attached to an aromatic ring is 1. The Balaban J connectivity index is 3.34. The van der Waals surface area contributed by atoms with Crippen LogP contribution in [0.1, 0.15) is 15.9 Å². The fraction of sp³-hybridized carbons (Fsp3) is 0. The number of anilines is 1. The van der Waals surface area contributed by atoms with Crippen LogP contribution in [0.15, 0.2) is 18.2 Å². The number of hydrazine groups is 1. The zero-order chi connectivity index (χ0) is 8.97. The van der Waals surface area contributed by atoms with Gasteiger partial charge in [-0.1, -0.05) is 6.07 Å². The molecule has 0 radical (unpaired) electrons. The quantitative estimate of drug-likeness (QED) is 0.379. The molecule has 0 spiro atoms. The van der Waals surface area contributed by atoms with Crippen LogP contribution in [0.4, 0.5) is 5.69 Å². The lowest BCUT2D eigenvalue weighted by Gasteiger charge is -2.04. The van der Waals surface area contributed by atoms with Crippen LogP contribution in [0.5, 0.6) is 0 Å². The number of hydrogen-bond acceptors (Lipinski definition) is 4. The minimum atomic E-state index is 0.363. The summed E-state index contributed by atoms with van der Waals surface area (Å²) in [5, 5.41) is 8.61. The fourth-order valence-electron chi connectivity index (χ4n) is 0.923. The van der Waals surface area contributed by atoms with E-state index in [0.717, 1.165) is 0 Å². The molecule has 0 amide bonds. The Kier molecular flexibility index (Phi) is 2.41. The largest absolute Gasteiger partial charge is 0.322 e. The molecule has 1 rings (SSSR count). The molecule has 1 aromatic rings. The maximum absolute atomic E-state index is 10.4. The zero-order valence-corrected chi connectivity index (χ0v) is 6.24. The van der Waals surface area contributed by atoms with Crippen LogP contribution in [-0.4, -0.2) is 6.29 Å². The Hall–Kier alpha value is -1.86. The van der Waals surface area contributed by atoms with Crippen LogP contribution >= 0.6 is 0 Å². The number of hydrogen-bond donors (Lipinski definition) is 2. The number of nitrogens with two attached hydrogens (primary N) is 1. The van der Waals surface area contributed by atoms with Gasteiger partial charge in [0.05, 0.1) is 11.3 Å². The summed E-state index contributed by atoms with van der Waals surface area (Å²) < 4.78 is 0. The van der Waals surface area contributed by atoms with Gasteiger partial charge in [0, 0.05) is 5.56 Å². The van der Waals surface area contributed by atoms with E-state index < -0.39 is 0 Å². The Morgan fingerprint density at radius 2 is 2.33 bits per heavy atom. The molecule has 3 N–H and O–H groups in total. The average Bonchev–Trinajstić information content (AvgIpc) is 2.16. The van der Waals surface area contributed by atoms with Crippen molar-refractivity contribution in [1.29, 1.82) is 5.26 Å². The smallest absolute Gasteiger partial charge is 0.152 e. The standard InChI is InChI=1S/C8H7N3O/c9-4-6-2-1-3-7(5-12)8(6)11-10/h1-3,5,11H,10H2. The van der Waals surface area contributed by atoms with Crippen molar-refractivity contribution in [2.45, 2.75) is 0 Å². The van der Waals surface area contributed by atoms with E-state index in [9.17, 15) is 4.79 Å². The molecular weight excluding hydrogens is 154 g/mol. The van der Waals surface area contributed by atoms with Crippen LogP contribution in [0.2, 0.25) is 0 Å². The van der Waals surface area contributed by atoms with Crippen molar-refractivity contribution in [3.63, 3.8) is 0 Å². The highest BCUT2D eigenvalue weighted by atomic mass is 16.1. The number of rotatable bonds is 2. The van der Waals surface area contributed by atoms with E-state index in [-0.39, 0.29) is 0 Å². The van der Waals surface area contributed by atoms with Gasteiger partial charge in [-0.2, -0.15) is 5.26 Å². The van der Waals surface area contributed by atoms with Gasteiger partial charge < -0.3 is 5.43 Å². The van der Waals surface area contributed by atoms with E-state index >= 15 is 0 Å². The van der Waals surface area contributed by atoms with E-state index in [0.29, 0.717) is 23.1 Å². The van der Waals surface area contributed by atoms with E-state index in [2.05, 4.69) is 5.43 Å². The van der Waals surface area contributed by atoms with E-state index in [1.54, 1.807) is 18.2 Å². The van der Waals surface area contributed by atoms with Gasteiger partial charge in [-0.15, -0.1) is 0 Å². The van der Waals surface area contributed by atoms with Crippen molar-refractivity contribution in [2.75, 3.05) is 5.43 Å². The molecule has 0 aliphatic rings. The average molecular weight is 161 g/mol. The minimum absolute atomic E-state index is 0.363. The second-order valence-corrected chi connectivity index (χ2v) is 2.14. The van der Waals surface area contributed by atoms with Crippen molar-refractivity contribution in [3.8, 4) is 6.07 Å². The molecule has 0 aliphatic carbocycles. The van der Waals surface area contributed by atoms with Crippen molar-refractivity contribution in [3.05, 3.63) is 29.3 Å². The van der Waals surface area contributed by atoms with E-state index in [4.69, 9.17) is 11.1 Å². The zero-order valence-electron chi connectivity index (χ0n) is 6.24. The predicted octanol–water partition coefficient (Wildman–Crippen LogP) is 0.656. The summed E-state index contributed by atoms with van der Waals surface area (Å²) in [6.07, 6.45) is 0.649. The predicted molar refractivity (Wildman–Crippen MR) is 44.4 cm³/mol. The van der Waals surface area contributed by atoms with Crippen molar-refractivity contribution in [1.82, 2.24) is 0 Å². The van der Waals surface area contributed by atoms with Crippen molar-refractivity contribution < 1.29 is 4.79 Å². The molecule has 1 aromatic carbocycles. The molecule has 0 aliphatic heterocycles. The number of carbonyl (C=O) groups is 1. The molecule has 0 saturated carbocycles.